The molecule has 0 aliphatic rings. The number of pyridine rings is 1. The zero-order valence-electron chi connectivity index (χ0n) is 10.7. The van der Waals surface area contributed by atoms with Gasteiger partial charge in [-0.05, 0) is 25.5 Å². The predicted molar refractivity (Wildman–Crippen MR) is 71.1 cm³/mol. The molecule has 0 saturated heterocycles. The summed E-state index contributed by atoms with van der Waals surface area (Å²) < 4.78 is 32.2. The second-order valence-corrected chi connectivity index (χ2v) is 5.84. The Morgan fingerprint density at radius 1 is 1.32 bits per heavy atom. The van der Waals surface area contributed by atoms with Crippen molar-refractivity contribution in [3.63, 3.8) is 0 Å². The monoisotopic (exact) mass is 281 g/mol. The van der Waals surface area contributed by atoms with E-state index in [9.17, 15) is 8.42 Å². The summed E-state index contributed by atoms with van der Waals surface area (Å²) >= 11 is 0. The number of furan rings is 1. The molecule has 0 spiro atoms. The predicted octanol–water partition coefficient (Wildman–Crippen LogP) is 1.55. The Hall–Kier alpha value is -1.86. The quantitative estimate of drug-likeness (QED) is 0.886. The van der Waals surface area contributed by atoms with Crippen molar-refractivity contribution in [1.82, 2.24) is 4.98 Å². The molecule has 0 fully saturated rings. The van der Waals surface area contributed by atoms with Crippen LogP contribution in [-0.2, 0) is 16.6 Å². The van der Waals surface area contributed by atoms with E-state index in [1.165, 1.54) is 12.3 Å². The number of hydrogen-bond donors (Lipinski definition) is 2. The first-order valence-corrected chi connectivity index (χ1v) is 7.14. The molecule has 2 aromatic rings. The Morgan fingerprint density at radius 2 is 2.05 bits per heavy atom. The fourth-order valence-corrected chi connectivity index (χ4v) is 2.95. The van der Waals surface area contributed by atoms with Crippen molar-refractivity contribution in [2.45, 2.75) is 25.3 Å². The molecule has 0 unspecified atom stereocenters. The average Bonchev–Trinajstić information content (AvgIpc) is 2.71. The molecule has 2 heterocycles. The largest absolute Gasteiger partial charge is 0.464 e. The van der Waals surface area contributed by atoms with Crippen LogP contribution < -0.4 is 10.5 Å². The fourth-order valence-electron chi connectivity index (χ4n) is 1.71. The van der Waals surface area contributed by atoms with E-state index in [1.54, 1.807) is 19.2 Å². The van der Waals surface area contributed by atoms with Crippen LogP contribution in [0.25, 0.3) is 0 Å². The molecule has 0 amide bonds. The van der Waals surface area contributed by atoms with E-state index >= 15 is 0 Å². The van der Waals surface area contributed by atoms with Crippen molar-refractivity contribution in [1.29, 1.82) is 0 Å². The van der Waals surface area contributed by atoms with Gasteiger partial charge in [0.15, 0.2) is 0 Å². The van der Waals surface area contributed by atoms with Crippen molar-refractivity contribution < 1.29 is 12.8 Å². The molecule has 0 aliphatic carbocycles. The van der Waals surface area contributed by atoms with E-state index in [0.29, 0.717) is 17.2 Å². The highest BCUT2D eigenvalue weighted by atomic mass is 32.2. The number of sulfonamides is 1. The van der Waals surface area contributed by atoms with Gasteiger partial charge in [-0.3, -0.25) is 9.71 Å². The first-order chi connectivity index (χ1) is 8.92. The summed E-state index contributed by atoms with van der Waals surface area (Å²) in [7, 11) is -3.69. The van der Waals surface area contributed by atoms with Crippen molar-refractivity contribution in [2.24, 2.45) is 5.73 Å². The maximum atomic E-state index is 12.2. The molecular weight excluding hydrogens is 266 g/mol. The first kappa shape index (κ1) is 13.6. The van der Waals surface area contributed by atoms with Crippen LogP contribution >= 0.6 is 0 Å². The maximum absolute atomic E-state index is 12.2. The molecule has 0 radical (unpaired) electrons. The zero-order valence-corrected chi connectivity index (χ0v) is 11.5. The van der Waals surface area contributed by atoms with Crippen LogP contribution in [0, 0.1) is 13.8 Å². The highest BCUT2D eigenvalue weighted by molar-refractivity contribution is 7.92. The second kappa shape index (κ2) is 5.02. The van der Waals surface area contributed by atoms with Crippen LogP contribution in [0.4, 0.5) is 5.69 Å². The first-order valence-electron chi connectivity index (χ1n) is 5.66. The van der Waals surface area contributed by atoms with Gasteiger partial charge in [-0.2, -0.15) is 0 Å². The molecule has 19 heavy (non-hydrogen) atoms. The van der Waals surface area contributed by atoms with Crippen molar-refractivity contribution in [3.05, 3.63) is 41.6 Å². The zero-order chi connectivity index (χ0) is 14.0. The lowest BCUT2D eigenvalue weighted by molar-refractivity contribution is 0.479. The number of hydrogen-bond acceptors (Lipinski definition) is 5. The van der Waals surface area contributed by atoms with E-state index in [4.69, 9.17) is 10.2 Å². The summed E-state index contributed by atoms with van der Waals surface area (Å²) in [5, 5.41) is 0. The molecule has 0 aromatic carbocycles. The number of nitrogens with one attached hydrogen (secondary N) is 1. The van der Waals surface area contributed by atoms with E-state index in [0.717, 1.165) is 5.56 Å². The SMILES string of the molecule is Cc1cncc(NS(=O)(=O)c2cc(CN)oc2C)c1. The Balaban J connectivity index is 2.34. The summed E-state index contributed by atoms with van der Waals surface area (Å²) in [4.78, 5) is 4.03. The summed E-state index contributed by atoms with van der Waals surface area (Å²) in [5.41, 5.74) is 6.71. The number of rotatable bonds is 4. The third-order valence-electron chi connectivity index (χ3n) is 2.54. The molecule has 0 bridgehead atoms. The summed E-state index contributed by atoms with van der Waals surface area (Å²) in [5.74, 6) is 0.744. The van der Waals surface area contributed by atoms with Crippen molar-refractivity contribution in [2.75, 3.05) is 4.72 Å². The van der Waals surface area contributed by atoms with E-state index in [1.807, 2.05) is 6.92 Å². The third kappa shape index (κ3) is 2.94. The molecule has 6 nitrogen and oxygen atoms in total. The van der Waals surface area contributed by atoms with Crippen LogP contribution in [0.2, 0.25) is 0 Å². The van der Waals surface area contributed by atoms with Gasteiger partial charge < -0.3 is 10.2 Å². The van der Waals surface area contributed by atoms with Gasteiger partial charge in [0.25, 0.3) is 10.0 Å². The lowest BCUT2D eigenvalue weighted by Crippen LogP contribution is -2.13. The van der Waals surface area contributed by atoms with Gasteiger partial charge in [0.05, 0.1) is 18.4 Å². The van der Waals surface area contributed by atoms with Gasteiger partial charge in [-0.25, -0.2) is 8.42 Å². The minimum atomic E-state index is -3.69. The Kier molecular flexibility index (Phi) is 3.59. The van der Waals surface area contributed by atoms with Crippen molar-refractivity contribution in [3.8, 4) is 0 Å². The smallest absolute Gasteiger partial charge is 0.265 e. The van der Waals surface area contributed by atoms with Crippen molar-refractivity contribution >= 4 is 15.7 Å². The molecule has 7 heteroatoms. The van der Waals surface area contributed by atoms with Crippen LogP contribution in [0.5, 0.6) is 0 Å². The van der Waals surface area contributed by atoms with Crippen LogP contribution in [-0.4, -0.2) is 13.4 Å². The minimum absolute atomic E-state index is 0.0921. The molecule has 102 valence electrons. The summed E-state index contributed by atoms with van der Waals surface area (Å²) in [6.07, 6.45) is 3.09. The third-order valence-corrected chi connectivity index (χ3v) is 4.03. The van der Waals surface area contributed by atoms with Gasteiger partial charge in [0.1, 0.15) is 16.4 Å². The van der Waals surface area contributed by atoms with Crippen LogP contribution in [0.1, 0.15) is 17.1 Å². The minimum Gasteiger partial charge on any atom is -0.464 e. The van der Waals surface area contributed by atoms with Gasteiger partial charge in [0.2, 0.25) is 0 Å². The van der Waals surface area contributed by atoms with Gasteiger partial charge in [0, 0.05) is 12.3 Å². The van der Waals surface area contributed by atoms with Gasteiger partial charge in [-0.15, -0.1) is 0 Å². The fraction of sp³-hybridized carbons (Fsp3) is 0.250. The molecule has 2 rings (SSSR count). The molecular formula is C12H15N3O3S. The Morgan fingerprint density at radius 3 is 2.63 bits per heavy atom. The summed E-state index contributed by atoms with van der Waals surface area (Å²) in [6.45, 7) is 3.57. The number of aromatic nitrogens is 1. The molecule has 3 N–H and O–H groups in total. The number of anilines is 1. The van der Waals surface area contributed by atoms with E-state index in [2.05, 4.69) is 9.71 Å². The lowest BCUT2D eigenvalue weighted by atomic mass is 10.3. The van der Waals surface area contributed by atoms with Gasteiger partial charge >= 0.3 is 0 Å². The molecule has 0 atom stereocenters. The lowest BCUT2D eigenvalue weighted by Gasteiger charge is -2.06. The van der Waals surface area contributed by atoms with E-state index < -0.39 is 10.0 Å². The average molecular weight is 281 g/mol. The number of nitrogens with zero attached hydrogens (tertiary/aromatic N) is 1. The molecule has 0 saturated carbocycles. The summed E-state index contributed by atoms with van der Waals surface area (Å²) in [6, 6.07) is 3.13. The second-order valence-electron chi connectivity index (χ2n) is 4.19. The maximum Gasteiger partial charge on any atom is 0.265 e. The highest BCUT2D eigenvalue weighted by Gasteiger charge is 2.21. The number of nitrogens with two attached hydrogens (primary N) is 1. The highest BCUT2D eigenvalue weighted by Crippen LogP contribution is 2.22. The molecule has 2 aromatic heterocycles. The van der Waals surface area contributed by atoms with Gasteiger partial charge in [-0.1, -0.05) is 0 Å². The van der Waals surface area contributed by atoms with Crippen LogP contribution in [0.3, 0.4) is 0 Å². The Bertz CT molecular complexity index is 692. The Labute approximate surface area is 111 Å². The number of aryl methyl sites for hydroxylation is 2. The standard InChI is InChI=1S/C12H15N3O3S/c1-8-3-10(7-14-6-8)15-19(16,17)12-4-11(5-13)18-9(12)2/h3-4,6-7,15H,5,13H2,1-2H3. The van der Waals surface area contributed by atoms with E-state index in [-0.39, 0.29) is 11.4 Å². The van der Waals surface area contributed by atoms with Crippen LogP contribution in [0.15, 0.2) is 33.8 Å². The normalized spacial score (nSPS) is 11.5. The molecule has 0 aliphatic heterocycles. The topological polar surface area (TPSA) is 98.2 Å².